The highest BCUT2D eigenvalue weighted by molar-refractivity contribution is 5.32. The largest absolute Gasteiger partial charge is 0.492 e. The summed E-state index contributed by atoms with van der Waals surface area (Å²) in [6.07, 6.45) is 0.719. The lowest BCUT2D eigenvalue weighted by Gasteiger charge is -2.07. The molecular weight excluding hydrogens is 176 g/mol. The molecule has 0 spiro atoms. The zero-order chi connectivity index (χ0) is 10.2. The Hall–Kier alpha value is -1.46. The maximum atomic E-state index is 9.01. The van der Waals surface area contributed by atoms with Crippen LogP contribution in [0.4, 0.5) is 0 Å². The predicted molar refractivity (Wildman–Crippen MR) is 55.9 cm³/mol. The number of aliphatic hydroxyl groups excluding tert-OH is 1. The van der Waals surface area contributed by atoms with Gasteiger partial charge >= 0.3 is 0 Å². The van der Waals surface area contributed by atoms with Crippen LogP contribution in [0, 0.1) is 11.8 Å². The van der Waals surface area contributed by atoms with Crippen molar-refractivity contribution in [2.24, 2.45) is 0 Å². The summed E-state index contributed by atoms with van der Waals surface area (Å²) in [5.74, 6) is 6.47. The van der Waals surface area contributed by atoms with Gasteiger partial charge in [0.25, 0.3) is 0 Å². The van der Waals surface area contributed by atoms with Crippen molar-refractivity contribution >= 4 is 0 Å². The quantitative estimate of drug-likeness (QED) is 0.581. The maximum Gasteiger partial charge on any atom is 0.124 e. The van der Waals surface area contributed by atoms with E-state index in [0.717, 1.165) is 17.7 Å². The Morgan fingerprint density at radius 1 is 1.36 bits per heavy atom. The van der Waals surface area contributed by atoms with Gasteiger partial charge in [-0.15, -0.1) is 11.8 Å². The van der Waals surface area contributed by atoms with E-state index in [1.54, 1.807) is 0 Å². The van der Waals surface area contributed by atoms with Crippen LogP contribution in [0.5, 0.6) is 5.75 Å². The van der Waals surface area contributed by atoms with E-state index in [4.69, 9.17) is 9.84 Å². The molecule has 0 aliphatic carbocycles. The van der Waals surface area contributed by atoms with Gasteiger partial charge in [-0.05, 0) is 13.0 Å². The van der Waals surface area contributed by atoms with E-state index in [2.05, 4.69) is 11.8 Å². The Bertz CT molecular complexity index is 334. The molecule has 0 radical (unpaired) electrons. The zero-order valence-electron chi connectivity index (χ0n) is 8.29. The van der Waals surface area contributed by atoms with Crippen molar-refractivity contribution in [3.05, 3.63) is 29.8 Å². The third-order valence-electron chi connectivity index (χ3n) is 1.80. The van der Waals surface area contributed by atoms with Crippen molar-refractivity contribution < 1.29 is 9.84 Å². The molecule has 2 nitrogen and oxygen atoms in total. The molecule has 0 fully saturated rings. The van der Waals surface area contributed by atoms with E-state index < -0.39 is 0 Å². The second-order valence-corrected chi connectivity index (χ2v) is 2.79. The highest BCUT2D eigenvalue weighted by Gasteiger charge is 1.99. The number of aliphatic hydroxyl groups is 1. The molecule has 0 amide bonds. The Labute approximate surface area is 84.5 Å². The molecule has 2 heteroatoms. The van der Waals surface area contributed by atoms with E-state index in [-0.39, 0.29) is 6.61 Å². The van der Waals surface area contributed by atoms with Gasteiger partial charge in [0.15, 0.2) is 0 Å². The summed E-state index contributed by atoms with van der Waals surface area (Å²) in [6, 6.07) is 7.47. The third kappa shape index (κ3) is 3.12. The first-order valence-corrected chi connectivity index (χ1v) is 4.59. The molecule has 0 saturated carbocycles. The van der Waals surface area contributed by atoms with Crippen molar-refractivity contribution in [1.29, 1.82) is 0 Å². The average Bonchev–Trinajstić information content (AvgIpc) is 2.25. The minimum Gasteiger partial charge on any atom is -0.492 e. The van der Waals surface area contributed by atoms with Crippen molar-refractivity contribution in [3.63, 3.8) is 0 Å². The highest BCUT2D eigenvalue weighted by atomic mass is 16.5. The molecule has 1 N–H and O–H groups in total. The van der Waals surface area contributed by atoms with Crippen LogP contribution in [0.2, 0.25) is 0 Å². The van der Waals surface area contributed by atoms with Gasteiger partial charge in [0.1, 0.15) is 5.75 Å². The second-order valence-electron chi connectivity index (χ2n) is 2.79. The van der Waals surface area contributed by atoms with E-state index in [9.17, 15) is 0 Å². The molecule has 1 aromatic rings. The van der Waals surface area contributed by atoms with Crippen molar-refractivity contribution in [2.75, 3.05) is 6.61 Å². The molecule has 0 saturated heterocycles. The van der Waals surface area contributed by atoms with Gasteiger partial charge in [0, 0.05) is 12.0 Å². The monoisotopic (exact) mass is 190 g/mol. The summed E-state index contributed by atoms with van der Waals surface area (Å²) in [6.45, 7) is 2.38. The molecule has 0 heterocycles. The lowest BCUT2D eigenvalue weighted by atomic mass is 10.2. The Balaban J connectivity index is 2.51. The van der Waals surface area contributed by atoms with E-state index in [1.165, 1.54) is 0 Å². The first kappa shape index (κ1) is 10.6. The Morgan fingerprint density at radius 3 is 2.86 bits per heavy atom. The van der Waals surface area contributed by atoms with E-state index in [0.29, 0.717) is 6.61 Å². The van der Waals surface area contributed by atoms with Gasteiger partial charge in [0.05, 0.1) is 13.2 Å². The molecule has 0 aliphatic heterocycles. The number of para-hydroxylation sites is 1. The van der Waals surface area contributed by atoms with Crippen molar-refractivity contribution in [1.82, 2.24) is 0 Å². The lowest BCUT2D eigenvalue weighted by molar-refractivity contribution is 0.265. The SMILES string of the molecule is CC#CCCOc1ccccc1CO. The van der Waals surface area contributed by atoms with Crippen LogP contribution >= 0.6 is 0 Å². The van der Waals surface area contributed by atoms with E-state index in [1.807, 2.05) is 31.2 Å². The summed E-state index contributed by atoms with van der Waals surface area (Å²) in [4.78, 5) is 0. The fraction of sp³-hybridized carbons (Fsp3) is 0.333. The standard InChI is InChI=1S/C12H14O2/c1-2-3-6-9-14-12-8-5-4-7-11(12)10-13/h4-5,7-8,13H,6,9-10H2,1H3. The number of benzene rings is 1. The first-order chi connectivity index (χ1) is 6.88. The van der Waals surface area contributed by atoms with Gasteiger partial charge in [-0.3, -0.25) is 0 Å². The van der Waals surface area contributed by atoms with Crippen LogP contribution in [0.25, 0.3) is 0 Å². The summed E-state index contributed by atoms with van der Waals surface area (Å²) in [5.41, 5.74) is 0.817. The Kier molecular flexibility index (Phi) is 4.60. The molecule has 1 rings (SSSR count). The molecule has 0 atom stereocenters. The fourth-order valence-electron chi connectivity index (χ4n) is 1.11. The maximum absolute atomic E-state index is 9.01. The average molecular weight is 190 g/mol. The molecule has 0 aromatic heterocycles. The van der Waals surface area contributed by atoms with Crippen molar-refractivity contribution in [2.45, 2.75) is 20.0 Å². The smallest absolute Gasteiger partial charge is 0.124 e. The molecule has 0 aliphatic rings. The van der Waals surface area contributed by atoms with Crippen LogP contribution in [0.1, 0.15) is 18.9 Å². The summed E-state index contributed by atoms with van der Waals surface area (Å²) < 4.78 is 5.47. The summed E-state index contributed by atoms with van der Waals surface area (Å²) in [7, 11) is 0. The lowest BCUT2D eigenvalue weighted by Crippen LogP contribution is -1.99. The molecule has 74 valence electrons. The van der Waals surface area contributed by atoms with Gasteiger partial charge in [-0.2, -0.15) is 0 Å². The molecular formula is C12H14O2. The first-order valence-electron chi connectivity index (χ1n) is 4.59. The third-order valence-corrected chi connectivity index (χ3v) is 1.80. The molecule has 0 bridgehead atoms. The second kappa shape index (κ2) is 6.06. The van der Waals surface area contributed by atoms with Crippen LogP contribution in [0.15, 0.2) is 24.3 Å². The van der Waals surface area contributed by atoms with Crippen LogP contribution in [-0.2, 0) is 6.61 Å². The number of hydrogen-bond acceptors (Lipinski definition) is 2. The van der Waals surface area contributed by atoms with Crippen LogP contribution < -0.4 is 4.74 Å². The normalized spacial score (nSPS) is 9.00. The molecule has 1 aromatic carbocycles. The van der Waals surface area contributed by atoms with Crippen LogP contribution in [-0.4, -0.2) is 11.7 Å². The fourth-order valence-corrected chi connectivity index (χ4v) is 1.11. The minimum atomic E-state index is 0.00955. The number of hydrogen-bond donors (Lipinski definition) is 1. The minimum absolute atomic E-state index is 0.00955. The number of rotatable bonds is 4. The summed E-state index contributed by atoms with van der Waals surface area (Å²) >= 11 is 0. The topological polar surface area (TPSA) is 29.5 Å². The summed E-state index contributed by atoms with van der Waals surface area (Å²) in [5, 5.41) is 9.01. The molecule has 0 unspecified atom stereocenters. The van der Waals surface area contributed by atoms with Gasteiger partial charge in [0.2, 0.25) is 0 Å². The van der Waals surface area contributed by atoms with Crippen molar-refractivity contribution in [3.8, 4) is 17.6 Å². The highest BCUT2D eigenvalue weighted by Crippen LogP contribution is 2.17. The van der Waals surface area contributed by atoms with E-state index >= 15 is 0 Å². The predicted octanol–water partition coefficient (Wildman–Crippen LogP) is 1.97. The van der Waals surface area contributed by atoms with Gasteiger partial charge in [-0.1, -0.05) is 18.2 Å². The molecule has 14 heavy (non-hydrogen) atoms. The Morgan fingerprint density at radius 2 is 2.14 bits per heavy atom. The van der Waals surface area contributed by atoms with Gasteiger partial charge < -0.3 is 9.84 Å². The van der Waals surface area contributed by atoms with Crippen LogP contribution in [0.3, 0.4) is 0 Å². The van der Waals surface area contributed by atoms with Gasteiger partial charge in [-0.25, -0.2) is 0 Å². The number of ether oxygens (including phenoxy) is 1. The zero-order valence-corrected chi connectivity index (χ0v) is 8.29.